The predicted octanol–water partition coefficient (Wildman–Crippen LogP) is 3.35. The zero-order chi connectivity index (χ0) is 13.9. The van der Waals surface area contributed by atoms with Crippen LogP contribution in [-0.2, 0) is 6.42 Å². The first kappa shape index (κ1) is 13.3. The van der Waals surface area contributed by atoms with Crippen molar-refractivity contribution < 1.29 is 0 Å². The maximum Gasteiger partial charge on any atom is 0.230 e. The number of hydrogen-bond acceptors (Lipinski definition) is 4. The van der Waals surface area contributed by atoms with Gasteiger partial charge in [-0.2, -0.15) is 15.0 Å². The third kappa shape index (κ3) is 2.75. The monoisotopic (exact) mass is 288 g/mol. The van der Waals surface area contributed by atoms with E-state index >= 15 is 0 Å². The Balaban J connectivity index is 1.99. The Bertz CT molecular complexity index is 609. The van der Waals surface area contributed by atoms with Crippen molar-refractivity contribution in [3.63, 3.8) is 0 Å². The molecule has 1 aromatic heterocycles. The highest BCUT2D eigenvalue weighted by molar-refractivity contribution is 6.28. The van der Waals surface area contributed by atoms with Crippen molar-refractivity contribution in [1.29, 1.82) is 0 Å². The molecule has 0 bridgehead atoms. The van der Waals surface area contributed by atoms with Crippen molar-refractivity contribution in [3.8, 4) is 11.4 Å². The summed E-state index contributed by atoms with van der Waals surface area (Å²) in [4.78, 5) is 15.3. The van der Waals surface area contributed by atoms with Gasteiger partial charge in [-0.05, 0) is 42.5 Å². The van der Waals surface area contributed by atoms with E-state index in [4.69, 9.17) is 11.6 Å². The second-order valence-electron chi connectivity index (χ2n) is 4.98. The van der Waals surface area contributed by atoms with Crippen molar-refractivity contribution >= 4 is 17.5 Å². The van der Waals surface area contributed by atoms with E-state index in [0.29, 0.717) is 11.8 Å². The lowest BCUT2D eigenvalue weighted by Crippen LogP contribution is -2.21. The molecule has 2 heterocycles. The van der Waals surface area contributed by atoms with E-state index in [2.05, 4.69) is 38.9 Å². The molecule has 0 N–H and O–H groups in total. The predicted molar refractivity (Wildman–Crippen MR) is 81.1 cm³/mol. The second-order valence-corrected chi connectivity index (χ2v) is 5.31. The summed E-state index contributed by atoms with van der Waals surface area (Å²) in [5.41, 5.74) is 2.26. The molecule has 0 spiro atoms. The molecule has 1 aromatic carbocycles. The molecule has 1 saturated heterocycles. The van der Waals surface area contributed by atoms with Crippen LogP contribution in [0.2, 0.25) is 5.28 Å². The van der Waals surface area contributed by atoms with Crippen molar-refractivity contribution in [1.82, 2.24) is 15.0 Å². The third-order valence-corrected chi connectivity index (χ3v) is 3.75. The summed E-state index contributed by atoms with van der Waals surface area (Å²) in [6.07, 6.45) is 3.36. The standard InChI is InChI=1S/C15H17ClN4/c1-2-11-6-5-7-12(10-11)13-17-14(16)19-15(18-13)20-8-3-4-9-20/h5-7,10H,2-4,8-9H2,1H3. The van der Waals surface area contributed by atoms with Gasteiger partial charge in [0.2, 0.25) is 11.2 Å². The number of anilines is 1. The molecule has 0 aliphatic carbocycles. The molecule has 1 aliphatic rings. The molecule has 3 rings (SSSR count). The number of aromatic nitrogens is 3. The van der Waals surface area contributed by atoms with Gasteiger partial charge < -0.3 is 4.90 Å². The van der Waals surface area contributed by atoms with Gasteiger partial charge in [0.1, 0.15) is 0 Å². The summed E-state index contributed by atoms with van der Waals surface area (Å²) in [6, 6.07) is 8.26. The van der Waals surface area contributed by atoms with Crippen LogP contribution in [0.15, 0.2) is 24.3 Å². The first-order valence-electron chi connectivity index (χ1n) is 7.02. The van der Waals surface area contributed by atoms with Crippen molar-refractivity contribution in [2.75, 3.05) is 18.0 Å². The minimum atomic E-state index is 0.263. The van der Waals surface area contributed by atoms with Crippen LogP contribution >= 0.6 is 11.6 Å². The van der Waals surface area contributed by atoms with Crippen molar-refractivity contribution in [3.05, 3.63) is 35.1 Å². The van der Waals surface area contributed by atoms with Gasteiger partial charge in [-0.25, -0.2) is 0 Å². The fourth-order valence-corrected chi connectivity index (χ4v) is 2.61. The molecular weight excluding hydrogens is 272 g/mol. The van der Waals surface area contributed by atoms with E-state index < -0.39 is 0 Å². The lowest BCUT2D eigenvalue weighted by Gasteiger charge is -2.15. The van der Waals surface area contributed by atoms with Crippen LogP contribution in [0.25, 0.3) is 11.4 Å². The number of halogens is 1. The molecule has 0 radical (unpaired) electrons. The maximum atomic E-state index is 6.06. The Kier molecular flexibility index (Phi) is 3.83. The summed E-state index contributed by atoms with van der Waals surface area (Å²) in [5, 5.41) is 0.263. The molecule has 0 amide bonds. The number of benzene rings is 1. The SMILES string of the molecule is CCc1cccc(-c2nc(Cl)nc(N3CCCC3)n2)c1. The minimum Gasteiger partial charge on any atom is -0.341 e. The van der Waals surface area contributed by atoms with E-state index in [1.54, 1.807) is 0 Å². The van der Waals surface area contributed by atoms with Gasteiger partial charge in [0.15, 0.2) is 5.82 Å². The maximum absolute atomic E-state index is 6.06. The van der Waals surface area contributed by atoms with Crippen LogP contribution in [0.4, 0.5) is 5.95 Å². The van der Waals surface area contributed by atoms with Gasteiger partial charge in [0.05, 0.1) is 0 Å². The summed E-state index contributed by atoms with van der Waals surface area (Å²) < 4.78 is 0. The van der Waals surface area contributed by atoms with Gasteiger partial charge in [-0.15, -0.1) is 0 Å². The molecule has 1 aliphatic heterocycles. The van der Waals surface area contributed by atoms with Gasteiger partial charge in [-0.1, -0.05) is 25.1 Å². The van der Waals surface area contributed by atoms with Crippen molar-refractivity contribution in [2.45, 2.75) is 26.2 Å². The van der Waals surface area contributed by atoms with E-state index in [1.807, 2.05) is 12.1 Å². The first-order chi connectivity index (χ1) is 9.76. The molecule has 20 heavy (non-hydrogen) atoms. The Labute approximate surface area is 123 Å². The van der Waals surface area contributed by atoms with Gasteiger partial charge in [-0.3, -0.25) is 0 Å². The Hall–Kier alpha value is -1.68. The quantitative estimate of drug-likeness (QED) is 0.868. The van der Waals surface area contributed by atoms with E-state index in [9.17, 15) is 0 Å². The zero-order valence-corrected chi connectivity index (χ0v) is 12.3. The van der Waals surface area contributed by atoms with E-state index in [0.717, 1.165) is 25.1 Å². The van der Waals surface area contributed by atoms with E-state index in [1.165, 1.54) is 18.4 Å². The average molecular weight is 289 g/mol. The van der Waals surface area contributed by atoms with Gasteiger partial charge >= 0.3 is 0 Å². The van der Waals surface area contributed by atoms with E-state index in [-0.39, 0.29) is 5.28 Å². The summed E-state index contributed by atoms with van der Waals surface area (Å²) in [7, 11) is 0. The van der Waals surface area contributed by atoms with Crippen molar-refractivity contribution in [2.24, 2.45) is 0 Å². The molecule has 0 atom stereocenters. The molecule has 2 aromatic rings. The zero-order valence-electron chi connectivity index (χ0n) is 11.5. The Morgan fingerprint density at radius 3 is 2.70 bits per heavy atom. The molecule has 0 unspecified atom stereocenters. The normalized spacial score (nSPS) is 14.8. The highest BCUT2D eigenvalue weighted by Crippen LogP contribution is 2.22. The number of hydrogen-bond donors (Lipinski definition) is 0. The van der Waals surface area contributed by atoms with Crippen LogP contribution in [0.3, 0.4) is 0 Å². The largest absolute Gasteiger partial charge is 0.341 e. The Morgan fingerprint density at radius 2 is 1.95 bits per heavy atom. The topological polar surface area (TPSA) is 41.9 Å². The molecule has 104 valence electrons. The Morgan fingerprint density at radius 1 is 1.15 bits per heavy atom. The van der Waals surface area contributed by atoms with Gasteiger partial charge in [0, 0.05) is 18.7 Å². The summed E-state index contributed by atoms with van der Waals surface area (Å²) >= 11 is 6.06. The minimum absolute atomic E-state index is 0.263. The highest BCUT2D eigenvalue weighted by atomic mass is 35.5. The smallest absolute Gasteiger partial charge is 0.230 e. The number of aryl methyl sites for hydroxylation is 1. The van der Waals surface area contributed by atoms with Crippen LogP contribution in [0.1, 0.15) is 25.3 Å². The molecular formula is C15H17ClN4. The van der Waals surface area contributed by atoms with Crippen LogP contribution in [0.5, 0.6) is 0 Å². The highest BCUT2D eigenvalue weighted by Gasteiger charge is 2.17. The third-order valence-electron chi connectivity index (χ3n) is 3.58. The van der Waals surface area contributed by atoms with Gasteiger partial charge in [0.25, 0.3) is 0 Å². The summed E-state index contributed by atoms with van der Waals surface area (Å²) in [6.45, 7) is 4.12. The van der Waals surface area contributed by atoms with Crippen LogP contribution in [0, 0.1) is 0 Å². The number of nitrogens with zero attached hydrogens (tertiary/aromatic N) is 4. The first-order valence-corrected chi connectivity index (χ1v) is 7.40. The molecule has 0 saturated carbocycles. The fraction of sp³-hybridized carbons (Fsp3) is 0.400. The average Bonchev–Trinajstić information content (AvgIpc) is 3.01. The van der Waals surface area contributed by atoms with Crippen LogP contribution in [-0.4, -0.2) is 28.0 Å². The fourth-order valence-electron chi connectivity index (χ4n) is 2.46. The molecule has 4 nitrogen and oxygen atoms in total. The lowest BCUT2D eigenvalue weighted by atomic mass is 10.1. The van der Waals surface area contributed by atoms with Crippen LogP contribution < -0.4 is 4.90 Å². The molecule has 5 heteroatoms. The second kappa shape index (κ2) is 5.75. The lowest BCUT2D eigenvalue weighted by molar-refractivity contribution is 0.882. The molecule has 1 fully saturated rings. The number of rotatable bonds is 3. The summed E-state index contributed by atoms with van der Waals surface area (Å²) in [5.74, 6) is 1.35.